The maximum atomic E-state index is 12.5. The summed E-state index contributed by atoms with van der Waals surface area (Å²) in [6, 6.07) is 20.0. The van der Waals surface area contributed by atoms with Gasteiger partial charge >= 0.3 is 0 Å². The van der Waals surface area contributed by atoms with Gasteiger partial charge in [-0.25, -0.2) is 9.97 Å². The third-order valence-electron chi connectivity index (χ3n) is 5.66. The first-order chi connectivity index (χ1) is 15.7. The fourth-order valence-electron chi connectivity index (χ4n) is 4.09. The second-order valence-corrected chi connectivity index (χ2v) is 7.75. The molecule has 8 nitrogen and oxygen atoms in total. The first-order valence-corrected chi connectivity index (χ1v) is 10.4. The lowest BCUT2D eigenvalue weighted by molar-refractivity contribution is 0.0652. The van der Waals surface area contributed by atoms with Crippen LogP contribution in [-0.2, 0) is 9.47 Å². The molecule has 2 aromatic carbocycles. The summed E-state index contributed by atoms with van der Waals surface area (Å²) in [5, 5.41) is 15.5. The van der Waals surface area contributed by atoms with Gasteiger partial charge in [-0.3, -0.25) is 4.79 Å². The first kappa shape index (κ1) is 20.1. The molecule has 2 fully saturated rings. The molecule has 1 aromatic heterocycles. The molecule has 8 heteroatoms. The second kappa shape index (κ2) is 8.75. The highest BCUT2D eigenvalue weighted by atomic mass is 16.6. The minimum Gasteiger partial charge on any atom is -0.371 e. The van der Waals surface area contributed by atoms with Gasteiger partial charge in [0.1, 0.15) is 12.2 Å². The van der Waals surface area contributed by atoms with E-state index in [-0.39, 0.29) is 30.2 Å². The Morgan fingerprint density at radius 1 is 1.00 bits per heavy atom. The molecular weight excluding hydrogens is 406 g/mol. The zero-order chi connectivity index (χ0) is 21.9. The molecule has 0 saturated carbocycles. The lowest BCUT2D eigenvalue weighted by atomic mass is 10.1. The van der Waals surface area contributed by atoms with Gasteiger partial charge in [0.2, 0.25) is 5.95 Å². The van der Waals surface area contributed by atoms with Gasteiger partial charge in [0, 0.05) is 17.3 Å². The number of carbonyl (C=O) groups excluding carboxylic acids is 1. The van der Waals surface area contributed by atoms with E-state index in [4.69, 9.17) is 14.7 Å². The molecule has 32 heavy (non-hydrogen) atoms. The lowest BCUT2D eigenvalue weighted by Crippen LogP contribution is -2.44. The average molecular weight is 427 g/mol. The summed E-state index contributed by atoms with van der Waals surface area (Å²) in [6.45, 7) is 0.804. The van der Waals surface area contributed by atoms with E-state index in [1.54, 1.807) is 36.5 Å². The summed E-state index contributed by atoms with van der Waals surface area (Å²) in [4.78, 5) is 21.4. The number of hydrogen-bond donors (Lipinski definition) is 2. The number of anilines is 1. The number of nitrogens with one attached hydrogen (secondary N) is 2. The predicted molar refractivity (Wildman–Crippen MR) is 117 cm³/mol. The lowest BCUT2D eigenvalue weighted by Gasteiger charge is -2.18. The number of rotatable bonds is 5. The van der Waals surface area contributed by atoms with Gasteiger partial charge in [0.15, 0.2) is 0 Å². The van der Waals surface area contributed by atoms with Crippen molar-refractivity contribution in [2.24, 2.45) is 0 Å². The Labute approximate surface area is 185 Å². The van der Waals surface area contributed by atoms with E-state index < -0.39 is 0 Å². The highest BCUT2D eigenvalue weighted by molar-refractivity contribution is 5.94. The molecule has 3 heterocycles. The molecule has 2 N–H and O–H groups in total. The zero-order valence-corrected chi connectivity index (χ0v) is 17.1. The zero-order valence-electron chi connectivity index (χ0n) is 17.1. The first-order valence-electron chi connectivity index (χ1n) is 10.4. The Bertz CT molecular complexity index is 1160. The van der Waals surface area contributed by atoms with Crippen molar-refractivity contribution in [1.29, 1.82) is 5.26 Å². The summed E-state index contributed by atoms with van der Waals surface area (Å²) in [6.07, 6.45) is 1.22. The number of nitrogens with zero attached hydrogens (tertiary/aromatic N) is 3. The number of hydrogen-bond acceptors (Lipinski definition) is 7. The van der Waals surface area contributed by atoms with Crippen LogP contribution in [-0.4, -0.2) is 53.4 Å². The Kier molecular flexibility index (Phi) is 5.50. The minimum atomic E-state index is -0.240. The van der Waals surface area contributed by atoms with Crippen LogP contribution >= 0.6 is 0 Å². The molecule has 2 aliphatic rings. The Balaban J connectivity index is 1.25. The van der Waals surface area contributed by atoms with Gasteiger partial charge in [-0.1, -0.05) is 30.3 Å². The van der Waals surface area contributed by atoms with Crippen molar-refractivity contribution in [2.75, 3.05) is 18.5 Å². The van der Waals surface area contributed by atoms with Crippen LogP contribution in [0, 0.1) is 11.3 Å². The van der Waals surface area contributed by atoms with E-state index in [1.807, 2.05) is 30.3 Å². The molecule has 4 atom stereocenters. The van der Waals surface area contributed by atoms with Crippen LogP contribution < -0.4 is 10.6 Å². The monoisotopic (exact) mass is 427 g/mol. The summed E-state index contributed by atoms with van der Waals surface area (Å²) < 4.78 is 11.9. The second-order valence-electron chi connectivity index (χ2n) is 7.75. The van der Waals surface area contributed by atoms with Gasteiger partial charge in [-0.2, -0.15) is 5.26 Å². The molecule has 2 saturated heterocycles. The van der Waals surface area contributed by atoms with Crippen molar-refractivity contribution >= 4 is 11.9 Å². The number of aromatic nitrogens is 2. The fourth-order valence-corrected chi connectivity index (χ4v) is 4.09. The van der Waals surface area contributed by atoms with Gasteiger partial charge < -0.3 is 20.1 Å². The smallest absolute Gasteiger partial charge is 0.251 e. The van der Waals surface area contributed by atoms with Gasteiger partial charge in [0.05, 0.1) is 42.6 Å². The van der Waals surface area contributed by atoms with Crippen LogP contribution in [0.15, 0.2) is 66.9 Å². The van der Waals surface area contributed by atoms with Crippen molar-refractivity contribution in [3.8, 4) is 17.3 Å². The Morgan fingerprint density at radius 3 is 2.59 bits per heavy atom. The van der Waals surface area contributed by atoms with Crippen molar-refractivity contribution in [3.05, 3.63) is 78.0 Å². The van der Waals surface area contributed by atoms with Crippen LogP contribution in [0.25, 0.3) is 11.3 Å². The van der Waals surface area contributed by atoms with Crippen molar-refractivity contribution in [3.63, 3.8) is 0 Å². The standard InChI is InChI=1S/C24H21N5O3/c25-12-15-5-4-8-17(11-15)18-9-10-26-24(28-18)29-20-14-32-21-19(13-31-22(20)21)27-23(30)16-6-2-1-3-7-16/h1-11,19-22H,13-14H2,(H,27,30)(H,26,28,29). The number of fused-ring (bicyclic) bond motifs is 1. The molecule has 0 radical (unpaired) electrons. The van der Waals surface area contributed by atoms with Gasteiger partial charge in [-0.15, -0.1) is 0 Å². The number of carbonyl (C=O) groups is 1. The van der Waals surface area contributed by atoms with Crippen LogP contribution in [0.2, 0.25) is 0 Å². The maximum Gasteiger partial charge on any atom is 0.251 e. The molecule has 2 aliphatic heterocycles. The van der Waals surface area contributed by atoms with Crippen LogP contribution in [0.4, 0.5) is 5.95 Å². The molecule has 1 amide bonds. The number of amides is 1. The van der Waals surface area contributed by atoms with Crippen LogP contribution in [0.3, 0.4) is 0 Å². The maximum absolute atomic E-state index is 12.5. The number of benzene rings is 2. The minimum absolute atomic E-state index is 0.140. The summed E-state index contributed by atoms with van der Waals surface area (Å²) >= 11 is 0. The van der Waals surface area contributed by atoms with E-state index in [9.17, 15) is 4.79 Å². The molecule has 0 aliphatic carbocycles. The molecule has 3 aromatic rings. The van der Waals surface area contributed by atoms with E-state index in [0.717, 1.165) is 11.3 Å². The fraction of sp³-hybridized carbons (Fsp3) is 0.250. The number of ether oxygens (including phenoxy) is 2. The normalized spacial score (nSPS) is 23.8. The SMILES string of the molecule is N#Cc1cccc(-c2ccnc(NC3COC4C(NC(=O)c5ccccc5)COC34)n2)c1. The van der Waals surface area contributed by atoms with E-state index in [1.165, 1.54) is 0 Å². The predicted octanol–water partition coefficient (Wildman–Crippen LogP) is 2.39. The van der Waals surface area contributed by atoms with E-state index in [0.29, 0.717) is 30.3 Å². The third kappa shape index (κ3) is 4.04. The third-order valence-corrected chi connectivity index (χ3v) is 5.66. The van der Waals surface area contributed by atoms with E-state index in [2.05, 4.69) is 26.7 Å². The van der Waals surface area contributed by atoms with Gasteiger partial charge in [-0.05, 0) is 30.3 Å². The largest absolute Gasteiger partial charge is 0.371 e. The summed E-state index contributed by atoms with van der Waals surface area (Å²) in [5.74, 6) is 0.315. The van der Waals surface area contributed by atoms with Crippen LogP contribution in [0.1, 0.15) is 15.9 Å². The molecule has 4 unspecified atom stereocenters. The topological polar surface area (TPSA) is 109 Å². The van der Waals surface area contributed by atoms with Gasteiger partial charge in [0.25, 0.3) is 5.91 Å². The highest BCUT2D eigenvalue weighted by Crippen LogP contribution is 2.29. The quantitative estimate of drug-likeness (QED) is 0.643. The van der Waals surface area contributed by atoms with Crippen molar-refractivity contribution < 1.29 is 14.3 Å². The molecule has 0 spiro atoms. The summed E-state index contributed by atoms with van der Waals surface area (Å²) in [5.41, 5.74) is 2.74. The summed E-state index contributed by atoms with van der Waals surface area (Å²) in [7, 11) is 0. The Morgan fingerprint density at radius 2 is 1.78 bits per heavy atom. The Hall–Kier alpha value is -3.80. The molecular formula is C24H21N5O3. The molecule has 5 rings (SSSR count). The van der Waals surface area contributed by atoms with Crippen molar-refractivity contribution in [2.45, 2.75) is 24.3 Å². The van der Waals surface area contributed by atoms with Crippen LogP contribution in [0.5, 0.6) is 0 Å². The number of nitriles is 1. The highest BCUT2D eigenvalue weighted by Gasteiger charge is 2.48. The average Bonchev–Trinajstić information content (AvgIpc) is 3.43. The van der Waals surface area contributed by atoms with Crippen molar-refractivity contribution in [1.82, 2.24) is 15.3 Å². The molecule has 0 bridgehead atoms. The van der Waals surface area contributed by atoms with E-state index >= 15 is 0 Å². The molecule has 160 valence electrons.